The minimum atomic E-state index is -0.445. The van der Waals surface area contributed by atoms with Crippen molar-refractivity contribution in [2.75, 3.05) is 31.6 Å². The van der Waals surface area contributed by atoms with Crippen LogP contribution in [-0.2, 0) is 10.2 Å². The van der Waals surface area contributed by atoms with E-state index in [0.717, 1.165) is 73.1 Å². The second-order valence-corrected chi connectivity index (χ2v) is 10.7. The molecular weight excluding hydrogens is 470 g/mol. The molecule has 1 aromatic heterocycles. The number of likely N-dealkylation sites (tertiary alicyclic amines) is 1. The molecule has 2 aliphatic rings. The van der Waals surface area contributed by atoms with Gasteiger partial charge in [-0.2, -0.15) is 0 Å². The number of aryl methyl sites for hydroxylation is 1. The van der Waals surface area contributed by atoms with Crippen LogP contribution in [0.1, 0.15) is 76.6 Å². The van der Waals surface area contributed by atoms with Gasteiger partial charge in [0.05, 0.1) is 11.6 Å². The van der Waals surface area contributed by atoms with Crippen molar-refractivity contribution >= 4 is 29.3 Å². The van der Waals surface area contributed by atoms with Crippen molar-refractivity contribution < 1.29 is 9.53 Å². The lowest BCUT2D eigenvalue weighted by molar-refractivity contribution is -0.122. The van der Waals surface area contributed by atoms with Crippen LogP contribution in [0.25, 0.3) is 6.08 Å². The molecule has 1 saturated heterocycles. The predicted molar refractivity (Wildman–Crippen MR) is 151 cm³/mol. The Kier molecular flexibility index (Phi) is 10.4. The number of carbonyl (C=O) groups excluding carboxylic acids is 1. The van der Waals surface area contributed by atoms with E-state index in [0.29, 0.717) is 11.6 Å². The van der Waals surface area contributed by atoms with Gasteiger partial charge in [0.2, 0.25) is 5.91 Å². The number of fused-ring (bicyclic) bond motifs is 2. The maximum absolute atomic E-state index is 12.7. The molecule has 0 aliphatic carbocycles. The Balaban J connectivity index is 0.000000538. The van der Waals surface area contributed by atoms with Gasteiger partial charge in [0.25, 0.3) is 0 Å². The summed E-state index contributed by atoms with van der Waals surface area (Å²) in [6.07, 6.45) is 11.3. The molecule has 0 radical (unpaired) electrons. The van der Waals surface area contributed by atoms with Gasteiger partial charge in [-0.3, -0.25) is 14.7 Å². The SMILES string of the molecule is CC/C=C\c1cc(OCCN2CCC3(CC2)C(=O)Nc2ccc(Cl)cc23)cnc1C.CCCC(C)C. The number of allylic oxidation sites excluding steroid dienone is 1. The van der Waals surface area contributed by atoms with Crippen molar-refractivity contribution in [1.82, 2.24) is 9.88 Å². The van der Waals surface area contributed by atoms with E-state index in [9.17, 15) is 4.79 Å². The summed E-state index contributed by atoms with van der Waals surface area (Å²) in [4.78, 5) is 19.5. The lowest BCUT2D eigenvalue weighted by atomic mass is 9.73. The first-order valence-electron chi connectivity index (χ1n) is 13.4. The van der Waals surface area contributed by atoms with Crippen molar-refractivity contribution in [1.29, 1.82) is 0 Å². The van der Waals surface area contributed by atoms with Gasteiger partial charge < -0.3 is 10.1 Å². The molecule has 196 valence electrons. The van der Waals surface area contributed by atoms with Crippen LogP contribution in [0.2, 0.25) is 5.02 Å². The molecule has 4 rings (SSSR count). The van der Waals surface area contributed by atoms with Gasteiger partial charge in [0.1, 0.15) is 12.4 Å². The lowest BCUT2D eigenvalue weighted by Gasteiger charge is -2.37. The van der Waals surface area contributed by atoms with Crippen LogP contribution in [0.15, 0.2) is 36.5 Å². The molecule has 3 heterocycles. The number of hydrogen-bond donors (Lipinski definition) is 1. The topological polar surface area (TPSA) is 54.5 Å². The Bertz CT molecular complexity index is 1040. The number of benzene rings is 1. The van der Waals surface area contributed by atoms with E-state index >= 15 is 0 Å². The second kappa shape index (κ2) is 13.3. The minimum Gasteiger partial charge on any atom is -0.491 e. The molecular formula is C30H42ClN3O2. The highest BCUT2D eigenvalue weighted by atomic mass is 35.5. The smallest absolute Gasteiger partial charge is 0.235 e. The van der Waals surface area contributed by atoms with Gasteiger partial charge in [0.15, 0.2) is 0 Å². The van der Waals surface area contributed by atoms with Crippen LogP contribution in [0.4, 0.5) is 5.69 Å². The third kappa shape index (κ3) is 7.10. The first-order valence-corrected chi connectivity index (χ1v) is 13.8. The van der Waals surface area contributed by atoms with Gasteiger partial charge in [0, 0.05) is 22.9 Å². The number of hydrogen-bond acceptors (Lipinski definition) is 4. The zero-order chi connectivity index (χ0) is 26.1. The first-order chi connectivity index (χ1) is 17.3. The number of piperidine rings is 1. The number of carbonyl (C=O) groups is 1. The molecule has 0 atom stereocenters. The van der Waals surface area contributed by atoms with Gasteiger partial charge in [-0.1, -0.05) is 64.3 Å². The summed E-state index contributed by atoms with van der Waals surface area (Å²) in [5.74, 6) is 1.80. The second-order valence-electron chi connectivity index (χ2n) is 10.3. The number of aromatic nitrogens is 1. The zero-order valence-electron chi connectivity index (χ0n) is 22.6. The number of ether oxygens (including phenoxy) is 1. The fraction of sp³-hybridized carbons (Fsp3) is 0.533. The largest absolute Gasteiger partial charge is 0.491 e. The number of nitrogens with one attached hydrogen (secondary N) is 1. The molecule has 1 amide bonds. The minimum absolute atomic E-state index is 0.106. The maximum Gasteiger partial charge on any atom is 0.235 e. The normalized spacial score (nSPS) is 16.7. The number of halogens is 1. The maximum atomic E-state index is 12.7. The van der Waals surface area contributed by atoms with Crippen molar-refractivity contribution in [3.8, 4) is 5.75 Å². The highest BCUT2D eigenvalue weighted by Crippen LogP contribution is 2.45. The number of nitrogens with zero attached hydrogens (tertiary/aromatic N) is 2. The molecule has 2 aliphatic heterocycles. The third-order valence-corrected chi connectivity index (χ3v) is 7.30. The predicted octanol–water partition coefficient (Wildman–Crippen LogP) is 7.27. The molecule has 0 saturated carbocycles. The van der Waals surface area contributed by atoms with Crippen LogP contribution in [0, 0.1) is 12.8 Å². The summed E-state index contributed by atoms with van der Waals surface area (Å²) < 4.78 is 5.96. The molecule has 1 aromatic carbocycles. The van der Waals surface area contributed by atoms with Crippen LogP contribution in [0.5, 0.6) is 5.75 Å². The van der Waals surface area contributed by atoms with E-state index in [1.54, 1.807) is 6.20 Å². The van der Waals surface area contributed by atoms with Crippen LogP contribution in [0.3, 0.4) is 0 Å². The zero-order valence-corrected chi connectivity index (χ0v) is 23.3. The van der Waals surface area contributed by atoms with Gasteiger partial charge in [-0.25, -0.2) is 0 Å². The van der Waals surface area contributed by atoms with Crippen LogP contribution >= 0.6 is 11.6 Å². The molecule has 36 heavy (non-hydrogen) atoms. The summed E-state index contributed by atoms with van der Waals surface area (Å²) in [5, 5.41) is 3.72. The molecule has 2 aromatic rings. The Morgan fingerprint density at radius 2 is 1.97 bits per heavy atom. The van der Waals surface area contributed by atoms with E-state index in [2.05, 4.69) is 55.0 Å². The average Bonchev–Trinajstić information content (AvgIpc) is 3.11. The Hall–Kier alpha value is -2.37. The molecule has 1 spiro atoms. The Labute approximate surface area is 222 Å². The van der Waals surface area contributed by atoms with Gasteiger partial charge >= 0.3 is 0 Å². The van der Waals surface area contributed by atoms with Crippen molar-refractivity contribution in [2.24, 2.45) is 5.92 Å². The van der Waals surface area contributed by atoms with E-state index in [-0.39, 0.29) is 5.91 Å². The molecule has 5 nitrogen and oxygen atoms in total. The standard InChI is InChI=1S/C24H28ClN3O2.C6H14/c1-3-4-5-18-14-20(16-26-17(18)2)30-13-12-28-10-8-24(9-11-28)21-15-19(25)6-7-22(21)27-23(24)29;1-4-5-6(2)3/h4-7,14-16H,3,8-13H2,1-2H3,(H,27,29);6H,4-5H2,1-3H3/b5-4-;. The molecule has 1 fully saturated rings. The van der Waals surface area contributed by atoms with E-state index in [4.69, 9.17) is 16.3 Å². The monoisotopic (exact) mass is 511 g/mol. The molecule has 0 bridgehead atoms. The highest BCUT2D eigenvalue weighted by molar-refractivity contribution is 6.31. The van der Waals surface area contributed by atoms with Crippen LogP contribution in [-0.4, -0.2) is 42.0 Å². The van der Waals surface area contributed by atoms with Crippen molar-refractivity contribution in [2.45, 2.75) is 72.1 Å². The van der Waals surface area contributed by atoms with E-state index in [1.165, 1.54) is 12.8 Å². The van der Waals surface area contributed by atoms with Crippen LogP contribution < -0.4 is 10.1 Å². The lowest BCUT2D eigenvalue weighted by Crippen LogP contribution is -2.47. The van der Waals surface area contributed by atoms with Crippen molar-refractivity contribution in [3.05, 3.63) is 58.4 Å². The van der Waals surface area contributed by atoms with E-state index < -0.39 is 5.41 Å². The summed E-state index contributed by atoms with van der Waals surface area (Å²) in [6.45, 7) is 14.0. The fourth-order valence-electron chi connectivity index (χ4n) is 4.93. The van der Waals surface area contributed by atoms with Gasteiger partial charge in [-0.15, -0.1) is 0 Å². The average molecular weight is 512 g/mol. The van der Waals surface area contributed by atoms with Gasteiger partial charge in [-0.05, 0) is 80.6 Å². The number of rotatable bonds is 8. The molecule has 6 heteroatoms. The fourth-order valence-corrected chi connectivity index (χ4v) is 5.10. The summed E-state index contributed by atoms with van der Waals surface area (Å²) in [6, 6.07) is 7.73. The molecule has 1 N–H and O–H groups in total. The third-order valence-electron chi connectivity index (χ3n) is 7.07. The molecule has 0 unspecified atom stereocenters. The highest BCUT2D eigenvalue weighted by Gasteiger charge is 2.48. The Morgan fingerprint density at radius 1 is 1.22 bits per heavy atom. The number of amides is 1. The number of anilines is 1. The summed E-state index contributed by atoms with van der Waals surface area (Å²) in [5.41, 5.74) is 3.61. The van der Waals surface area contributed by atoms with E-state index in [1.807, 2.05) is 31.2 Å². The summed E-state index contributed by atoms with van der Waals surface area (Å²) >= 11 is 6.20. The Morgan fingerprint density at radius 3 is 2.61 bits per heavy atom. The first kappa shape index (κ1) is 28.2. The quantitative estimate of drug-likeness (QED) is 0.404. The van der Waals surface area contributed by atoms with Crippen molar-refractivity contribution in [3.63, 3.8) is 0 Å². The number of pyridine rings is 1. The summed E-state index contributed by atoms with van der Waals surface area (Å²) in [7, 11) is 0.